The number of hydrogen-bond acceptors (Lipinski definition) is 2. The Balaban J connectivity index is 1.56. The van der Waals surface area contributed by atoms with Gasteiger partial charge < -0.3 is 9.32 Å². The molecular weight excluding hydrogens is 370 g/mol. The molecule has 0 bridgehead atoms. The number of amides is 1. The Labute approximate surface area is 181 Å². The highest BCUT2D eigenvalue weighted by atomic mass is 16.4. The van der Waals surface area contributed by atoms with Crippen molar-refractivity contribution in [3.8, 4) is 0 Å². The van der Waals surface area contributed by atoms with Gasteiger partial charge in [0.25, 0.3) is 5.91 Å². The van der Waals surface area contributed by atoms with Crippen molar-refractivity contribution in [2.24, 2.45) is 5.92 Å². The van der Waals surface area contributed by atoms with Gasteiger partial charge in [0.1, 0.15) is 5.76 Å². The number of piperidine rings is 1. The molecule has 30 heavy (non-hydrogen) atoms. The van der Waals surface area contributed by atoms with Gasteiger partial charge in [-0.1, -0.05) is 46.8 Å². The van der Waals surface area contributed by atoms with Gasteiger partial charge in [0, 0.05) is 19.5 Å². The van der Waals surface area contributed by atoms with Gasteiger partial charge in [-0.2, -0.15) is 0 Å². The van der Waals surface area contributed by atoms with E-state index in [0.29, 0.717) is 11.7 Å². The van der Waals surface area contributed by atoms with Crippen LogP contribution >= 0.6 is 0 Å². The van der Waals surface area contributed by atoms with Crippen molar-refractivity contribution in [1.82, 2.24) is 4.90 Å². The fraction of sp³-hybridized carbons (Fsp3) is 0.593. The van der Waals surface area contributed by atoms with Crippen molar-refractivity contribution in [1.29, 1.82) is 0 Å². The first-order chi connectivity index (χ1) is 14.1. The van der Waals surface area contributed by atoms with E-state index in [-0.39, 0.29) is 16.7 Å². The maximum atomic E-state index is 12.8. The van der Waals surface area contributed by atoms with Crippen LogP contribution in [-0.2, 0) is 17.3 Å². The zero-order valence-corrected chi connectivity index (χ0v) is 19.6. The van der Waals surface area contributed by atoms with Crippen LogP contribution in [0.4, 0.5) is 0 Å². The molecule has 3 nitrogen and oxygen atoms in total. The zero-order chi connectivity index (χ0) is 21.7. The third-order valence-corrected chi connectivity index (χ3v) is 7.62. The maximum Gasteiger partial charge on any atom is 0.289 e. The van der Waals surface area contributed by atoms with E-state index in [1.54, 1.807) is 0 Å². The summed E-state index contributed by atoms with van der Waals surface area (Å²) < 4.78 is 6.03. The highest BCUT2D eigenvalue weighted by molar-refractivity contribution is 5.91. The van der Waals surface area contributed by atoms with Crippen LogP contribution < -0.4 is 0 Å². The summed E-state index contributed by atoms with van der Waals surface area (Å²) in [4.78, 5) is 14.8. The minimum atomic E-state index is 0.0400. The number of rotatable bonds is 3. The van der Waals surface area contributed by atoms with Crippen molar-refractivity contribution >= 4 is 5.91 Å². The smallest absolute Gasteiger partial charge is 0.289 e. The summed E-state index contributed by atoms with van der Waals surface area (Å²) in [5.41, 5.74) is 6.01. The van der Waals surface area contributed by atoms with Gasteiger partial charge in [0.2, 0.25) is 0 Å². The monoisotopic (exact) mass is 407 g/mol. The van der Waals surface area contributed by atoms with Gasteiger partial charge in [-0.05, 0) is 83.7 Å². The fourth-order valence-electron chi connectivity index (χ4n) is 5.10. The molecule has 2 aromatic rings. The molecule has 0 saturated carbocycles. The third-order valence-electron chi connectivity index (χ3n) is 7.62. The number of benzene rings is 1. The number of nitrogens with zero attached hydrogens (tertiary/aromatic N) is 1. The zero-order valence-electron chi connectivity index (χ0n) is 19.6. The van der Waals surface area contributed by atoms with E-state index in [4.69, 9.17) is 4.42 Å². The van der Waals surface area contributed by atoms with Gasteiger partial charge in [0.15, 0.2) is 5.76 Å². The van der Waals surface area contributed by atoms with Crippen LogP contribution in [0.25, 0.3) is 0 Å². The van der Waals surface area contributed by atoms with Crippen LogP contribution in [0.3, 0.4) is 0 Å². The SMILES string of the molecule is Cc1cc2c(cc1Cc1ccc(C(=O)N3CCC(C)CC3)o1)C(C)(C)CCC2(C)C. The Morgan fingerprint density at radius 1 is 1.03 bits per heavy atom. The standard InChI is InChI=1S/C27H37NO2/c1-18-9-13-28(14-10-18)25(29)24-8-7-21(30-24)16-20-17-23-22(15-19(20)2)26(3,4)11-12-27(23,5)6/h7-8,15,17-18H,9-14,16H2,1-6H3. The van der Waals surface area contributed by atoms with Crippen LogP contribution in [-0.4, -0.2) is 23.9 Å². The summed E-state index contributed by atoms with van der Waals surface area (Å²) in [6.07, 6.45) is 5.34. The molecule has 0 N–H and O–H groups in total. The molecule has 1 fully saturated rings. The number of aryl methyl sites for hydroxylation is 1. The molecule has 1 aromatic heterocycles. The predicted molar refractivity (Wildman–Crippen MR) is 122 cm³/mol. The van der Waals surface area contributed by atoms with E-state index in [9.17, 15) is 4.79 Å². The second-order valence-electron chi connectivity index (χ2n) is 11.0. The maximum absolute atomic E-state index is 12.8. The molecule has 1 aromatic carbocycles. The van der Waals surface area contributed by atoms with E-state index < -0.39 is 0 Å². The van der Waals surface area contributed by atoms with Gasteiger partial charge in [-0.15, -0.1) is 0 Å². The Kier molecular flexibility index (Phi) is 5.36. The van der Waals surface area contributed by atoms with Gasteiger partial charge >= 0.3 is 0 Å². The average Bonchev–Trinajstić information content (AvgIpc) is 3.15. The number of likely N-dealkylation sites (tertiary alicyclic amines) is 1. The molecular formula is C27H37NO2. The normalized spacial score (nSPS) is 20.8. The highest BCUT2D eigenvalue weighted by Crippen LogP contribution is 2.46. The van der Waals surface area contributed by atoms with Crippen LogP contribution in [0.1, 0.15) is 98.9 Å². The number of fused-ring (bicyclic) bond motifs is 1. The molecule has 1 saturated heterocycles. The quantitative estimate of drug-likeness (QED) is 0.590. The summed E-state index contributed by atoms with van der Waals surface area (Å²) in [6.45, 7) is 15.6. The number of carbonyl (C=O) groups excluding carboxylic acids is 1. The Bertz CT molecular complexity index is 942. The predicted octanol–water partition coefficient (Wildman–Crippen LogP) is 6.40. The molecule has 0 atom stereocenters. The molecule has 3 heteroatoms. The van der Waals surface area contributed by atoms with Crippen LogP contribution in [0.5, 0.6) is 0 Å². The number of hydrogen-bond donors (Lipinski definition) is 0. The summed E-state index contributed by atoms with van der Waals surface area (Å²) in [6, 6.07) is 8.64. The van der Waals surface area contributed by atoms with Crippen LogP contribution in [0, 0.1) is 12.8 Å². The van der Waals surface area contributed by atoms with Crippen LogP contribution in [0.2, 0.25) is 0 Å². The third kappa shape index (κ3) is 3.96. The lowest BCUT2D eigenvalue weighted by molar-refractivity contribution is 0.0663. The lowest BCUT2D eigenvalue weighted by Crippen LogP contribution is -2.37. The second-order valence-corrected chi connectivity index (χ2v) is 11.0. The van der Waals surface area contributed by atoms with E-state index >= 15 is 0 Å². The minimum absolute atomic E-state index is 0.0400. The van der Waals surface area contributed by atoms with E-state index in [1.165, 1.54) is 35.1 Å². The van der Waals surface area contributed by atoms with E-state index in [1.807, 2.05) is 17.0 Å². The molecule has 1 amide bonds. The van der Waals surface area contributed by atoms with E-state index in [0.717, 1.165) is 38.1 Å². The van der Waals surface area contributed by atoms with Crippen LogP contribution in [0.15, 0.2) is 28.7 Å². The van der Waals surface area contributed by atoms with E-state index in [2.05, 4.69) is 53.7 Å². The summed E-state index contributed by atoms with van der Waals surface area (Å²) in [5.74, 6) is 2.11. The largest absolute Gasteiger partial charge is 0.456 e. The molecule has 4 rings (SSSR count). The van der Waals surface area contributed by atoms with Crippen molar-refractivity contribution in [2.45, 2.75) is 84.5 Å². The Morgan fingerprint density at radius 2 is 1.63 bits per heavy atom. The topological polar surface area (TPSA) is 33.5 Å². The first-order valence-corrected chi connectivity index (χ1v) is 11.6. The van der Waals surface area contributed by atoms with Crippen molar-refractivity contribution in [3.63, 3.8) is 0 Å². The molecule has 162 valence electrons. The van der Waals surface area contributed by atoms with Crippen molar-refractivity contribution in [3.05, 3.63) is 58.0 Å². The molecule has 0 unspecified atom stereocenters. The average molecular weight is 408 g/mol. The van der Waals surface area contributed by atoms with Crippen molar-refractivity contribution < 1.29 is 9.21 Å². The first kappa shape index (κ1) is 21.2. The summed E-state index contributed by atoms with van der Waals surface area (Å²) in [5, 5.41) is 0. The van der Waals surface area contributed by atoms with Crippen molar-refractivity contribution in [2.75, 3.05) is 13.1 Å². The molecule has 2 aliphatic rings. The Morgan fingerprint density at radius 3 is 2.27 bits per heavy atom. The lowest BCUT2D eigenvalue weighted by atomic mass is 9.62. The Hall–Kier alpha value is -2.03. The summed E-state index contributed by atoms with van der Waals surface area (Å²) >= 11 is 0. The molecule has 0 radical (unpaired) electrons. The lowest BCUT2D eigenvalue weighted by Gasteiger charge is -2.42. The first-order valence-electron chi connectivity index (χ1n) is 11.6. The minimum Gasteiger partial charge on any atom is -0.456 e. The molecule has 2 heterocycles. The summed E-state index contributed by atoms with van der Waals surface area (Å²) in [7, 11) is 0. The molecule has 1 aliphatic heterocycles. The number of carbonyl (C=O) groups is 1. The second kappa shape index (κ2) is 7.59. The van der Waals surface area contributed by atoms with Gasteiger partial charge in [0.05, 0.1) is 0 Å². The van der Waals surface area contributed by atoms with Gasteiger partial charge in [-0.25, -0.2) is 0 Å². The molecule has 1 aliphatic carbocycles. The fourth-order valence-corrected chi connectivity index (χ4v) is 5.10. The molecule has 0 spiro atoms. The van der Waals surface area contributed by atoms with Gasteiger partial charge in [-0.3, -0.25) is 4.79 Å². The highest BCUT2D eigenvalue weighted by Gasteiger charge is 2.37. The number of furan rings is 1.